The minimum Gasteiger partial charge on any atom is -0.207 e. The highest BCUT2D eigenvalue weighted by Crippen LogP contribution is 2.36. The van der Waals surface area contributed by atoms with Gasteiger partial charge in [0.05, 0.1) is 0 Å². The Kier molecular flexibility index (Phi) is 3.77. The molecule has 0 aromatic heterocycles. The Morgan fingerprint density at radius 1 is 1.33 bits per heavy atom. The lowest BCUT2D eigenvalue weighted by Crippen LogP contribution is -2.05. The normalized spacial score (nSPS) is 14.0. The molecule has 4 heteroatoms. The van der Waals surface area contributed by atoms with Gasteiger partial charge >= 0.3 is 0 Å². The third-order valence-corrected chi connectivity index (χ3v) is 2.82. The van der Waals surface area contributed by atoms with E-state index in [2.05, 4.69) is 0 Å². The van der Waals surface area contributed by atoms with Gasteiger partial charge in [0.25, 0.3) is 5.66 Å². The van der Waals surface area contributed by atoms with Crippen LogP contribution >= 0.6 is 9.24 Å². The van der Waals surface area contributed by atoms with Crippen molar-refractivity contribution in [3.63, 3.8) is 0 Å². The van der Waals surface area contributed by atoms with Gasteiger partial charge in [-0.05, 0) is 36.1 Å². The molecule has 0 bridgehead atoms. The van der Waals surface area contributed by atoms with Crippen molar-refractivity contribution in [3.05, 3.63) is 35.1 Å². The first-order chi connectivity index (χ1) is 6.84. The van der Waals surface area contributed by atoms with Crippen molar-refractivity contribution in [1.29, 1.82) is 0 Å². The third-order valence-electron chi connectivity index (χ3n) is 2.49. The molecule has 0 saturated carbocycles. The molecular weight excluding hydrogens is 220 g/mol. The molecular formula is C11H14F3P. The van der Waals surface area contributed by atoms with Crippen molar-refractivity contribution in [2.75, 3.05) is 0 Å². The van der Waals surface area contributed by atoms with Crippen LogP contribution in [0.3, 0.4) is 0 Å². The Bertz CT molecular complexity index is 344. The maximum absolute atomic E-state index is 13.1. The first kappa shape index (κ1) is 12.5. The minimum atomic E-state index is -3.07. The molecule has 0 heterocycles. The predicted molar refractivity (Wildman–Crippen MR) is 58.7 cm³/mol. The molecule has 15 heavy (non-hydrogen) atoms. The van der Waals surface area contributed by atoms with E-state index in [4.69, 9.17) is 0 Å². The molecule has 0 saturated heterocycles. The van der Waals surface area contributed by atoms with E-state index in [-0.39, 0.29) is 11.5 Å². The van der Waals surface area contributed by atoms with Crippen molar-refractivity contribution in [1.82, 2.24) is 0 Å². The van der Waals surface area contributed by atoms with E-state index in [0.717, 1.165) is 12.5 Å². The first-order valence-corrected chi connectivity index (χ1v) is 5.40. The van der Waals surface area contributed by atoms with Crippen molar-refractivity contribution in [3.8, 4) is 0 Å². The summed E-state index contributed by atoms with van der Waals surface area (Å²) in [6.45, 7) is 3.83. The fourth-order valence-electron chi connectivity index (χ4n) is 1.32. The highest BCUT2D eigenvalue weighted by atomic mass is 31.0. The van der Waals surface area contributed by atoms with Crippen LogP contribution in [0.4, 0.5) is 13.2 Å². The maximum Gasteiger partial charge on any atom is 0.283 e. The number of rotatable bonds is 3. The van der Waals surface area contributed by atoms with Gasteiger partial charge < -0.3 is 0 Å². The SMILES string of the molecule is CCC(C)c1cc(F)cc(C(F)(F)P)c1. The van der Waals surface area contributed by atoms with Crippen LogP contribution in [0.2, 0.25) is 0 Å². The zero-order valence-electron chi connectivity index (χ0n) is 8.73. The Labute approximate surface area is 90.1 Å². The largest absolute Gasteiger partial charge is 0.283 e. The molecule has 84 valence electrons. The fraction of sp³-hybridized carbons (Fsp3) is 0.455. The van der Waals surface area contributed by atoms with Crippen LogP contribution in [-0.4, -0.2) is 0 Å². The quantitative estimate of drug-likeness (QED) is 0.685. The smallest absolute Gasteiger partial charge is 0.207 e. The van der Waals surface area contributed by atoms with E-state index in [1.165, 1.54) is 21.4 Å². The second-order valence-corrected chi connectivity index (χ2v) is 4.43. The predicted octanol–water partition coefficient (Wildman–Crippen LogP) is 4.26. The summed E-state index contributed by atoms with van der Waals surface area (Å²) in [4.78, 5) is 0. The number of benzene rings is 1. The number of hydrogen-bond acceptors (Lipinski definition) is 0. The first-order valence-electron chi connectivity index (χ1n) is 4.82. The third kappa shape index (κ3) is 3.20. The lowest BCUT2D eigenvalue weighted by Gasteiger charge is -2.15. The van der Waals surface area contributed by atoms with E-state index >= 15 is 0 Å². The average molecular weight is 234 g/mol. The fourth-order valence-corrected chi connectivity index (χ4v) is 1.49. The molecule has 0 aliphatic carbocycles. The molecule has 0 amide bonds. The number of alkyl halides is 2. The van der Waals surface area contributed by atoms with Gasteiger partial charge in [-0.1, -0.05) is 23.1 Å². The van der Waals surface area contributed by atoms with Crippen LogP contribution in [-0.2, 0) is 5.66 Å². The lowest BCUT2D eigenvalue weighted by molar-refractivity contribution is 0.103. The highest BCUT2D eigenvalue weighted by molar-refractivity contribution is 7.17. The van der Waals surface area contributed by atoms with Crippen LogP contribution in [0.25, 0.3) is 0 Å². The number of hydrogen-bond donors (Lipinski definition) is 0. The Hall–Kier alpha value is -0.560. The van der Waals surface area contributed by atoms with E-state index < -0.39 is 11.5 Å². The Morgan fingerprint density at radius 3 is 2.40 bits per heavy atom. The topological polar surface area (TPSA) is 0 Å². The van der Waals surface area contributed by atoms with E-state index in [1.807, 2.05) is 13.8 Å². The molecule has 0 N–H and O–H groups in total. The summed E-state index contributed by atoms with van der Waals surface area (Å²) in [5, 5.41) is 0. The second kappa shape index (κ2) is 4.52. The molecule has 2 unspecified atom stereocenters. The van der Waals surface area contributed by atoms with Crippen molar-refractivity contribution >= 4 is 9.24 Å². The van der Waals surface area contributed by atoms with Gasteiger partial charge in [-0.25, -0.2) is 4.39 Å². The summed E-state index contributed by atoms with van der Waals surface area (Å²) in [6, 6.07) is 3.55. The van der Waals surface area contributed by atoms with Crippen molar-refractivity contribution in [2.45, 2.75) is 31.8 Å². The van der Waals surface area contributed by atoms with Crippen LogP contribution in [0.5, 0.6) is 0 Å². The van der Waals surface area contributed by atoms with E-state index in [9.17, 15) is 13.2 Å². The summed E-state index contributed by atoms with van der Waals surface area (Å²) in [5.74, 6) is -0.517. The molecule has 2 atom stereocenters. The van der Waals surface area contributed by atoms with Crippen LogP contribution < -0.4 is 0 Å². The maximum atomic E-state index is 13.1. The second-order valence-electron chi connectivity index (χ2n) is 3.71. The molecule has 0 aliphatic rings. The zero-order valence-corrected chi connectivity index (χ0v) is 9.88. The van der Waals surface area contributed by atoms with Gasteiger partial charge in [-0.2, -0.15) is 8.78 Å². The summed E-state index contributed by atoms with van der Waals surface area (Å²) < 4.78 is 39.1. The van der Waals surface area contributed by atoms with Crippen LogP contribution in [0.15, 0.2) is 18.2 Å². The van der Waals surface area contributed by atoms with Crippen molar-refractivity contribution < 1.29 is 13.2 Å². The van der Waals surface area contributed by atoms with Crippen molar-refractivity contribution in [2.24, 2.45) is 0 Å². The lowest BCUT2D eigenvalue weighted by atomic mass is 9.97. The molecule has 0 fully saturated rings. The molecule has 0 radical (unpaired) electrons. The van der Waals surface area contributed by atoms with Crippen LogP contribution in [0, 0.1) is 5.82 Å². The van der Waals surface area contributed by atoms with Gasteiger partial charge in [-0.3, -0.25) is 0 Å². The Morgan fingerprint density at radius 2 is 1.93 bits per heavy atom. The van der Waals surface area contributed by atoms with E-state index in [0.29, 0.717) is 5.56 Å². The molecule has 0 aliphatic heterocycles. The van der Waals surface area contributed by atoms with Crippen LogP contribution in [0.1, 0.15) is 37.3 Å². The Balaban J connectivity index is 3.17. The van der Waals surface area contributed by atoms with Gasteiger partial charge in [-0.15, -0.1) is 0 Å². The number of halogens is 3. The zero-order chi connectivity index (χ0) is 11.6. The summed E-state index contributed by atoms with van der Waals surface area (Å²) in [6.07, 6.45) is 0.797. The monoisotopic (exact) mass is 234 g/mol. The summed E-state index contributed by atoms with van der Waals surface area (Å²) in [7, 11) is 1.42. The molecule has 1 aromatic carbocycles. The summed E-state index contributed by atoms with van der Waals surface area (Å²) >= 11 is 0. The van der Waals surface area contributed by atoms with Gasteiger partial charge in [0.15, 0.2) is 0 Å². The molecule has 1 rings (SSSR count). The van der Waals surface area contributed by atoms with E-state index in [1.54, 1.807) is 0 Å². The molecule has 1 aromatic rings. The molecule has 0 nitrogen and oxygen atoms in total. The minimum absolute atomic E-state index is 0.0896. The van der Waals surface area contributed by atoms with Gasteiger partial charge in [0.1, 0.15) is 5.82 Å². The van der Waals surface area contributed by atoms with Gasteiger partial charge in [0, 0.05) is 5.56 Å². The average Bonchev–Trinajstić information content (AvgIpc) is 2.14. The van der Waals surface area contributed by atoms with Gasteiger partial charge in [0.2, 0.25) is 0 Å². The standard InChI is InChI=1S/C11H14F3P/c1-3-7(2)8-4-9(11(13,14)15)6-10(12)5-8/h4-7H,3,15H2,1-2H3. The summed E-state index contributed by atoms with van der Waals surface area (Å²) in [5.41, 5.74) is -2.73. The highest BCUT2D eigenvalue weighted by Gasteiger charge is 2.25. The molecule has 0 spiro atoms.